The van der Waals surface area contributed by atoms with Crippen LogP contribution < -0.4 is 0 Å². The molecule has 0 aliphatic rings. The molecule has 0 aromatic carbocycles. The molecule has 0 spiro atoms. The lowest BCUT2D eigenvalue weighted by molar-refractivity contribution is -0.161. The maximum Gasteiger partial charge on any atom is 0.472 e. The highest BCUT2D eigenvalue weighted by Gasteiger charge is 2.30. The molecule has 0 amide bonds. The molecule has 6 atom stereocenters. The smallest absolute Gasteiger partial charge is 0.462 e. The molecule has 19 heteroatoms. The molecular weight excluding hydrogens is 971 g/mol. The second-order valence-corrected chi connectivity index (χ2v) is 22.4. The Bertz CT molecular complexity index is 1430. The molecule has 0 heterocycles. The standard InChI is InChI=1S/C53H102O17P2/c1-6-10-13-16-17-23-28-32-37-51(56)64-43-49(70-53(58)39-34-29-24-21-19-18-20-22-27-30-35-46(5)9-4)45-68-72(61,62)66-41-47(54)40-65-71(59,60)67-44-48(69-52(57)38-33-26-15-12-8-3)42-63-50(55)36-31-25-14-11-7-2/h46-49,54H,6-45H2,1-5H3,(H,59,60)(H,61,62)/t46?,47-,48+,49+/m0/s1. The van der Waals surface area contributed by atoms with E-state index in [0.29, 0.717) is 25.7 Å². The third-order valence-electron chi connectivity index (χ3n) is 12.4. The number of hydrogen-bond acceptors (Lipinski definition) is 15. The van der Waals surface area contributed by atoms with Crippen molar-refractivity contribution in [1.82, 2.24) is 0 Å². The maximum atomic E-state index is 12.8. The lowest BCUT2D eigenvalue weighted by Gasteiger charge is -2.21. The monoisotopic (exact) mass is 1070 g/mol. The summed E-state index contributed by atoms with van der Waals surface area (Å²) in [5, 5.41) is 10.4. The van der Waals surface area contributed by atoms with Gasteiger partial charge in [-0.1, -0.05) is 202 Å². The van der Waals surface area contributed by atoms with Crippen LogP contribution in [0.3, 0.4) is 0 Å². The number of phosphoric ester groups is 2. The third kappa shape index (κ3) is 46.6. The molecule has 0 radical (unpaired) electrons. The van der Waals surface area contributed by atoms with Crippen LogP contribution in [0.15, 0.2) is 0 Å². The molecular formula is C53H102O17P2. The third-order valence-corrected chi connectivity index (χ3v) is 14.3. The van der Waals surface area contributed by atoms with Crippen molar-refractivity contribution in [2.24, 2.45) is 5.92 Å². The molecule has 72 heavy (non-hydrogen) atoms. The van der Waals surface area contributed by atoms with Crippen LogP contribution in [0.25, 0.3) is 0 Å². The number of phosphoric acid groups is 2. The van der Waals surface area contributed by atoms with E-state index in [1.165, 1.54) is 64.2 Å². The largest absolute Gasteiger partial charge is 0.472 e. The second-order valence-electron chi connectivity index (χ2n) is 19.5. The predicted octanol–water partition coefficient (Wildman–Crippen LogP) is 13.5. The minimum atomic E-state index is -4.93. The molecule has 0 aliphatic heterocycles. The Morgan fingerprint density at radius 2 is 0.667 bits per heavy atom. The van der Waals surface area contributed by atoms with Crippen LogP contribution in [0.1, 0.15) is 253 Å². The number of aliphatic hydroxyl groups excluding tert-OH is 1. The van der Waals surface area contributed by atoms with Crippen molar-refractivity contribution in [1.29, 1.82) is 0 Å². The van der Waals surface area contributed by atoms with E-state index in [2.05, 4.69) is 34.6 Å². The van der Waals surface area contributed by atoms with E-state index >= 15 is 0 Å². The summed E-state index contributed by atoms with van der Waals surface area (Å²) < 4.78 is 67.1. The van der Waals surface area contributed by atoms with Crippen molar-refractivity contribution >= 4 is 39.5 Å². The predicted molar refractivity (Wildman–Crippen MR) is 280 cm³/mol. The van der Waals surface area contributed by atoms with E-state index in [0.717, 1.165) is 109 Å². The highest BCUT2D eigenvalue weighted by molar-refractivity contribution is 7.47. The van der Waals surface area contributed by atoms with Gasteiger partial charge < -0.3 is 33.8 Å². The first kappa shape index (κ1) is 70.1. The quantitative estimate of drug-likeness (QED) is 0.0222. The number of rotatable bonds is 53. The molecule has 0 aromatic rings. The van der Waals surface area contributed by atoms with Gasteiger partial charge in [-0.2, -0.15) is 0 Å². The van der Waals surface area contributed by atoms with Gasteiger partial charge in [-0.15, -0.1) is 0 Å². The molecule has 426 valence electrons. The minimum absolute atomic E-state index is 0.0986. The van der Waals surface area contributed by atoms with Gasteiger partial charge in [0, 0.05) is 25.7 Å². The topological polar surface area (TPSA) is 237 Å². The van der Waals surface area contributed by atoms with Crippen molar-refractivity contribution in [3.63, 3.8) is 0 Å². The van der Waals surface area contributed by atoms with E-state index in [9.17, 15) is 43.2 Å². The summed E-state index contributed by atoms with van der Waals surface area (Å²) in [4.78, 5) is 71.1. The van der Waals surface area contributed by atoms with Gasteiger partial charge in [0.05, 0.1) is 26.4 Å². The van der Waals surface area contributed by atoms with Crippen LogP contribution in [0.4, 0.5) is 0 Å². The van der Waals surface area contributed by atoms with Crippen LogP contribution in [0.2, 0.25) is 0 Å². The number of carbonyl (C=O) groups is 4. The van der Waals surface area contributed by atoms with Gasteiger partial charge in [0.25, 0.3) is 0 Å². The summed E-state index contributed by atoms with van der Waals surface area (Å²) in [6.45, 7) is 6.92. The van der Waals surface area contributed by atoms with Gasteiger partial charge in [0.15, 0.2) is 12.2 Å². The van der Waals surface area contributed by atoms with Crippen LogP contribution >= 0.6 is 15.6 Å². The summed E-state index contributed by atoms with van der Waals surface area (Å²) in [6, 6.07) is 0. The van der Waals surface area contributed by atoms with Gasteiger partial charge in [0.1, 0.15) is 19.3 Å². The van der Waals surface area contributed by atoms with Gasteiger partial charge in [-0.25, -0.2) is 9.13 Å². The second kappa shape index (κ2) is 47.5. The molecule has 0 aliphatic carbocycles. The summed E-state index contributed by atoms with van der Waals surface area (Å²) in [5.74, 6) is -1.37. The first-order valence-electron chi connectivity index (χ1n) is 28.2. The molecule has 0 rings (SSSR count). The van der Waals surface area contributed by atoms with E-state index in [-0.39, 0.29) is 25.7 Å². The van der Waals surface area contributed by atoms with Crippen molar-refractivity contribution in [2.45, 2.75) is 271 Å². The van der Waals surface area contributed by atoms with Crippen LogP contribution in [0.5, 0.6) is 0 Å². The van der Waals surface area contributed by atoms with Crippen molar-refractivity contribution in [3.8, 4) is 0 Å². The molecule has 3 N–H and O–H groups in total. The maximum absolute atomic E-state index is 12.8. The molecule has 3 unspecified atom stereocenters. The Kier molecular flexibility index (Phi) is 46.2. The summed E-state index contributed by atoms with van der Waals surface area (Å²) in [6.07, 6.45) is 27.3. The van der Waals surface area contributed by atoms with Crippen LogP contribution in [-0.4, -0.2) is 96.7 Å². The highest BCUT2D eigenvalue weighted by atomic mass is 31.2. The Morgan fingerprint density at radius 1 is 0.389 bits per heavy atom. The Hall–Kier alpha value is -1.94. The van der Waals surface area contributed by atoms with Gasteiger partial charge in [-0.3, -0.25) is 37.3 Å². The number of unbranched alkanes of at least 4 members (excludes halogenated alkanes) is 24. The Morgan fingerprint density at radius 3 is 0.986 bits per heavy atom. The average Bonchev–Trinajstić information content (AvgIpc) is 3.35. The highest BCUT2D eigenvalue weighted by Crippen LogP contribution is 2.45. The Balaban J connectivity index is 5.12. The summed E-state index contributed by atoms with van der Waals surface area (Å²) in [5.41, 5.74) is 0. The molecule has 17 nitrogen and oxygen atoms in total. The minimum Gasteiger partial charge on any atom is -0.462 e. The summed E-state index contributed by atoms with van der Waals surface area (Å²) in [7, 11) is -9.84. The number of ether oxygens (including phenoxy) is 4. The van der Waals surface area contributed by atoms with Crippen LogP contribution in [-0.2, 0) is 65.4 Å². The first-order valence-corrected chi connectivity index (χ1v) is 31.2. The lowest BCUT2D eigenvalue weighted by atomic mass is 9.99. The fraction of sp³-hybridized carbons (Fsp3) is 0.925. The van der Waals surface area contributed by atoms with E-state index < -0.39 is 97.5 Å². The van der Waals surface area contributed by atoms with Gasteiger partial charge >= 0.3 is 39.5 Å². The van der Waals surface area contributed by atoms with Crippen LogP contribution in [0, 0.1) is 5.92 Å². The zero-order valence-corrected chi connectivity index (χ0v) is 47.3. The van der Waals surface area contributed by atoms with Gasteiger partial charge in [0.2, 0.25) is 0 Å². The molecule has 0 bridgehead atoms. The van der Waals surface area contributed by atoms with Gasteiger partial charge in [-0.05, 0) is 31.6 Å². The fourth-order valence-electron chi connectivity index (χ4n) is 7.61. The van der Waals surface area contributed by atoms with Crippen molar-refractivity contribution in [3.05, 3.63) is 0 Å². The van der Waals surface area contributed by atoms with E-state index in [1.54, 1.807) is 0 Å². The molecule has 0 fully saturated rings. The summed E-state index contributed by atoms with van der Waals surface area (Å²) >= 11 is 0. The molecule has 0 saturated carbocycles. The SMILES string of the molecule is CCCCCCCCCCC(=O)OC[C@H](COP(=O)(O)OC[C@@H](O)COP(=O)(O)OC[C@@H](COC(=O)CCCCCCC)OC(=O)CCCCCCC)OC(=O)CCCCCCCCCCCCC(C)CC. The fourth-order valence-corrected chi connectivity index (χ4v) is 9.18. The number of aliphatic hydroxyl groups is 1. The number of carbonyl (C=O) groups excluding carboxylic acids is 4. The van der Waals surface area contributed by atoms with E-state index in [4.69, 9.17) is 37.0 Å². The number of esters is 4. The normalized spacial score (nSPS) is 14.9. The zero-order valence-electron chi connectivity index (χ0n) is 45.5. The number of hydrogen-bond donors (Lipinski definition) is 3. The molecule has 0 aromatic heterocycles. The van der Waals surface area contributed by atoms with Crippen molar-refractivity contribution in [2.75, 3.05) is 39.6 Å². The van der Waals surface area contributed by atoms with Crippen molar-refractivity contribution < 1.29 is 80.2 Å². The van der Waals surface area contributed by atoms with E-state index in [1.807, 2.05) is 0 Å². The zero-order chi connectivity index (χ0) is 53.6. The lowest BCUT2D eigenvalue weighted by Crippen LogP contribution is -2.30. The first-order chi connectivity index (χ1) is 34.6. The average molecular weight is 1070 g/mol. The molecule has 0 saturated heterocycles. The Labute approximate surface area is 435 Å².